The number of halogens is 1. The van der Waals surface area contributed by atoms with Gasteiger partial charge in [0.05, 0.1) is 29.7 Å². The Bertz CT molecular complexity index is 983. The van der Waals surface area contributed by atoms with Crippen molar-refractivity contribution >= 4 is 21.5 Å². The summed E-state index contributed by atoms with van der Waals surface area (Å²) in [4.78, 5) is 6.45. The third-order valence-corrected chi connectivity index (χ3v) is 6.65. The second kappa shape index (κ2) is 9.20. The molecule has 1 aromatic carbocycles. The quantitative estimate of drug-likeness (QED) is 0.743. The van der Waals surface area contributed by atoms with Crippen molar-refractivity contribution in [2.45, 2.75) is 19.9 Å². The van der Waals surface area contributed by atoms with Crippen LogP contribution in [0.4, 0.5) is 15.9 Å². The molecule has 0 spiro atoms. The van der Waals surface area contributed by atoms with Gasteiger partial charge < -0.3 is 10.2 Å². The van der Waals surface area contributed by atoms with Gasteiger partial charge >= 0.3 is 0 Å². The smallest absolute Gasteiger partial charge is 0.235 e. The highest BCUT2D eigenvalue weighted by atomic mass is 32.2. The first-order valence-corrected chi connectivity index (χ1v) is 11.2. The minimum absolute atomic E-state index is 0.0321. The summed E-state index contributed by atoms with van der Waals surface area (Å²) in [5.41, 5.74) is 1.31. The van der Waals surface area contributed by atoms with Gasteiger partial charge in [0.1, 0.15) is 17.7 Å². The van der Waals surface area contributed by atoms with Crippen molar-refractivity contribution in [2.75, 3.05) is 41.1 Å². The van der Waals surface area contributed by atoms with Crippen LogP contribution in [0.25, 0.3) is 0 Å². The van der Waals surface area contributed by atoms with Crippen molar-refractivity contribution < 1.29 is 12.8 Å². The molecule has 154 valence electrons. The van der Waals surface area contributed by atoms with Crippen molar-refractivity contribution in [1.29, 1.82) is 5.26 Å². The first kappa shape index (κ1) is 21.0. The molecule has 2 aromatic rings. The molecule has 0 saturated carbocycles. The van der Waals surface area contributed by atoms with Crippen molar-refractivity contribution in [3.8, 4) is 6.07 Å². The van der Waals surface area contributed by atoms with E-state index in [0.29, 0.717) is 29.1 Å². The van der Waals surface area contributed by atoms with Crippen LogP contribution in [0.3, 0.4) is 0 Å². The summed E-state index contributed by atoms with van der Waals surface area (Å²) in [5.74, 6) is 0.146. The lowest BCUT2D eigenvalue weighted by atomic mass is 10.2. The monoisotopic (exact) mass is 417 g/mol. The summed E-state index contributed by atoms with van der Waals surface area (Å²) in [7, 11) is -3.63. The molecule has 0 atom stereocenters. The highest BCUT2D eigenvalue weighted by Gasteiger charge is 2.25. The second-order valence-electron chi connectivity index (χ2n) is 6.86. The number of benzene rings is 1. The Morgan fingerprint density at radius 3 is 2.59 bits per heavy atom. The van der Waals surface area contributed by atoms with Crippen LogP contribution in [0.1, 0.15) is 24.5 Å². The maximum absolute atomic E-state index is 13.2. The Morgan fingerprint density at radius 1 is 1.28 bits per heavy atom. The first-order valence-electron chi connectivity index (χ1n) is 9.55. The highest BCUT2D eigenvalue weighted by Crippen LogP contribution is 2.27. The zero-order valence-electron chi connectivity index (χ0n) is 16.3. The fourth-order valence-corrected chi connectivity index (χ4v) is 4.77. The van der Waals surface area contributed by atoms with Gasteiger partial charge in [-0.3, -0.25) is 4.31 Å². The molecule has 0 unspecified atom stereocenters. The second-order valence-corrected chi connectivity index (χ2v) is 8.88. The molecule has 1 N–H and O–H groups in total. The molecule has 1 fully saturated rings. The summed E-state index contributed by atoms with van der Waals surface area (Å²) in [5, 5.41) is 12.9. The molecule has 0 amide bonds. The number of aromatic nitrogens is 1. The molecule has 3 rings (SSSR count). The summed E-state index contributed by atoms with van der Waals surface area (Å²) < 4.78 is 40.3. The number of nitrogens with zero attached hydrogens (tertiary/aromatic N) is 4. The van der Waals surface area contributed by atoms with Crippen LogP contribution in [-0.4, -0.2) is 45.3 Å². The Balaban J connectivity index is 1.98. The van der Waals surface area contributed by atoms with Gasteiger partial charge in [0.15, 0.2) is 0 Å². The first-order chi connectivity index (χ1) is 13.9. The third kappa shape index (κ3) is 5.02. The van der Waals surface area contributed by atoms with E-state index in [2.05, 4.69) is 16.4 Å². The van der Waals surface area contributed by atoms with E-state index < -0.39 is 10.0 Å². The lowest BCUT2D eigenvalue weighted by Gasteiger charge is -2.30. The molecule has 1 aliphatic rings. The number of nitrogens with one attached hydrogen (secondary N) is 1. The van der Waals surface area contributed by atoms with Gasteiger partial charge in [0, 0.05) is 26.2 Å². The van der Waals surface area contributed by atoms with Gasteiger partial charge in [-0.2, -0.15) is 5.26 Å². The van der Waals surface area contributed by atoms with Gasteiger partial charge in [-0.15, -0.1) is 0 Å². The molecule has 2 heterocycles. The molecule has 1 aromatic heterocycles. The molecule has 0 aliphatic carbocycles. The number of sulfonamides is 1. The average Bonchev–Trinajstić information content (AvgIpc) is 2.73. The fourth-order valence-electron chi connectivity index (χ4n) is 3.27. The van der Waals surface area contributed by atoms with Crippen LogP contribution in [0.15, 0.2) is 36.5 Å². The molecular weight excluding hydrogens is 393 g/mol. The van der Waals surface area contributed by atoms with E-state index >= 15 is 0 Å². The minimum atomic E-state index is -3.63. The summed E-state index contributed by atoms with van der Waals surface area (Å²) in [6.07, 6.45) is 1.95. The number of pyridine rings is 1. The Hall–Kier alpha value is -2.70. The van der Waals surface area contributed by atoms with E-state index in [9.17, 15) is 18.1 Å². The summed E-state index contributed by atoms with van der Waals surface area (Å²) >= 11 is 0. The van der Waals surface area contributed by atoms with Crippen molar-refractivity contribution in [3.63, 3.8) is 0 Å². The fraction of sp³-hybridized carbons (Fsp3) is 0.400. The average molecular weight is 418 g/mol. The summed E-state index contributed by atoms with van der Waals surface area (Å²) in [6, 6.07) is 9.42. The van der Waals surface area contributed by atoms with Gasteiger partial charge in [-0.05, 0) is 30.2 Å². The standard InChI is InChI=1S/C20H24FN5O2S/c1-2-11-29(27,28)26(15-16-3-5-18(21)6-4-16)19-12-17(13-22)20(24-14-19)25-9-7-23-8-10-25/h3-6,12,14,23H,2,7-11,15H2,1H3. The largest absolute Gasteiger partial charge is 0.353 e. The zero-order chi connectivity index (χ0) is 20.9. The van der Waals surface area contributed by atoms with Crippen LogP contribution in [-0.2, 0) is 16.6 Å². The van der Waals surface area contributed by atoms with E-state index in [-0.39, 0.29) is 18.1 Å². The van der Waals surface area contributed by atoms with Gasteiger partial charge in [0.25, 0.3) is 0 Å². The molecule has 0 bridgehead atoms. The Morgan fingerprint density at radius 2 is 1.97 bits per heavy atom. The Kier molecular flexibility index (Phi) is 6.67. The molecule has 7 nitrogen and oxygen atoms in total. The van der Waals surface area contributed by atoms with E-state index in [0.717, 1.165) is 26.2 Å². The number of hydrogen-bond donors (Lipinski definition) is 1. The number of hydrogen-bond acceptors (Lipinski definition) is 6. The van der Waals surface area contributed by atoms with Crippen LogP contribution >= 0.6 is 0 Å². The Labute approximate surface area is 170 Å². The minimum Gasteiger partial charge on any atom is -0.353 e. The molecule has 9 heteroatoms. The van der Waals surface area contributed by atoms with E-state index in [1.54, 1.807) is 25.1 Å². The topological polar surface area (TPSA) is 89.3 Å². The number of anilines is 2. The number of piperazine rings is 1. The van der Waals surface area contributed by atoms with Crippen molar-refractivity contribution in [3.05, 3.63) is 53.5 Å². The van der Waals surface area contributed by atoms with Crippen LogP contribution in [0.2, 0.25) is 0 Å². The predicted molar refractivity (Wildman–Crippen MR) is 111 cm³/mol. The van der Waals surface area contributed by atoms with Gasteiger partial charge in [-0.25, -0.2) is 17.8 Å². The number of nitriles is 1. The van der Waals surface area contributed by atoms with Crippen LogP contribution in [0.5, 0.6) is 0 Å². The molecule has 1 saturated heterocycles. The van der Waals surface area contributed by atoms with E-state index in [1.807, 2.05) is 4.90 Å². The third-order valence-electron chi connectivity index (χ3n) is 4.71. The van der Waals surface area contributed by atoms with E-state index in [4.69, 9.17) is 0 Å². The molecule has 1 aliphatic heterocycles. The lowest BCUT2D eigenvalue weighted by molar-refractivity contribution is 0.584. The highest BCUT2D eigenvalue weighted by molar-refractivity contribution is 7.92. The van der Waals surface area contributed by atoms with Crippen LogP contribution in [0, 0.1) is 17.1 Å². The van der Waals surface area contributed by atoms with Crippen molar-refractivity contribution in [2.24, 2.45) is 0 Å². The molecule has 29 heavy (non-hydrogen) atoms. The number of rotatable bonds is 7. The molecule has 0 radical (unpaired) electrons. The zero-order valence-corrected chi connectivity index (χ0v) is 17.1. The normalized spacial score (nSPS) is 14.4. The summed E-state index contributed by atoms with van der Waals surface area (Å²) in [6.45, 7) is 4.90. The SMILES string of the molecule is CCCS(=O)(=O)N(Cc1ccc(F)cc1)c1cnc(N2CCNCC2)c(C#N)c1. The van der Waals surface area contributed by atoms with Crippen molar-refractivity contribution in [1.82, 2.24) is 10.3 Å². The van der Waals surface area contributed by atoms with E-state index in [1.165, 1.54) is 22.6 Å². The van der Waals surface area contributed by atoms with Gasteiger partial charge in [-0.1, -0.05) is 19.1 Å². The molecular formula is C20H24FN5O2S. The maximum atomic E-state index is 13.2. The van der Waals surface area contributed by atoms with Gasteiger partial charge in [0.2, 0.25) is 10.0 Å². The predicted octanol–water partition coefficient (Wildman–Crippen LogP) is 2.25. The van der Waals surface area contributed by atoms with Crippen LogP contribution < -0.4 is 14.5 Å². The maximum Gasteiger partial charge on any atom is 0.235 e. The lowest BCUT2D eigenvalue weighted by Crippen LogP contribution is -2.44.